The maximum atomic E-state index is 12.5. The monoisotopic (exact) mass is 327 g/mol. The molecule has 2 heterocycles. The van der Waals surface area contributed by atoms with Crippen molar-refractivity contribution in [3.63, 3.8) is 0 Å². The Morgan fingerprint density at radius 1 is 1.38 bits per heavy atom. The fourth-order valence-electron chi connectivity index (χ4n) is 2.51. The Balaban J connectivity index is 1.92. The summed E-state index contributed by atoms with van der Waals surface area (Å²) in [5.74, 6) is -0.553. The topological polar surface area (TPSA) is 102 Å². The Morgan fingerprint density at radius 2 is 2.17 bits per heavy atom. The summed E-state index contributed by atoms with van der Waals surface area (Å²) in [5.41, 5.74) is 2.73. The number of nitrogens with zero attached hydrogens (tertiary/aromatic N) is 3. The highest BCUT2D eigenvalue weighted by molar-refractivity contribution is 6.08. The van der Waals surface area contributed by atoms with Gasteiger partial charge < -0.3 is 15.0 Å². The van der Waals surface area contributed by atoms with E-state index in [2.05, 4.69) is 20.4 Å². The van der Waals surface area contributed by atoms with E-state index in [0.29, 0.717) is 17.1 Å². The molecule has 0 saturated heterocycles. The molecular formula is C16H17N5O3. The molecule has 24 heavy (non-hydrogen) atoms. The van der Waals surface area contributed by atoms with Crippen LogP contribution in [0.5, 0.6) is 0 Å². The molecule has 0 unspecified atom stereocenters. The van der Waals surface area contributed by atoms with Crippen molar-refractivity contribution >= 4 is 28.7 Å². The Bertz CT molecular complexity index is 925. The standard InChI is InChI=1S/C16H17N5O3/c1-4-24-16(23)13-9(2)20-21(3)14(13)19-15(22)10-5-6-11-12(7-10)18-8-17-11/h5-8H,4H2,1-3H3,(H,17,18)(H,19,22). The number of rotatable bonds is 4. The van der Waals surface area contributed by atoms with Crippen LogP contribution < -0.4 is 5.32 Å². The highest BCUT2D eigenvalue weighted by atomic mass is 16.5. The number of aromatic amines is 1. The first-order valence-electron chi connectivity index (χ1n) is 7.46. The molecule has 0 radical (unpaired) electrons. The summed E-state index contributed by atoms with van der Waals surface area (Å²) < 4.78 is 6.49. The van der Waals surface area contributed by atoms with Crippen molar-refractivity contribution in [2.75, 3.05) is 11.9 Å². The number of imidazole rings is 1. The summed E-state index contributed by atoms with van der Waals surface area (Å²) in [6.07, 6.45) is 1.57. The lowest BCUT2D eigenvalue weighted by Gasteiger charge is -2.08. The van der Waals surface area contributed by atoms with Gasteiger partial charge in [-0.3, -0.25) is 9.48 Å². The van der Waals surface area contributed by atoms with Crippen molar-refractivity contribution in [3.8, 4) is 0 Å². The molecule has 0 aliphatic heterocycles. The van der Waals surface area contributed by atoms with E-state index in [1.807, 2.05) is 0 Å². The van der Waals surface area contributed by atoms with Gasteiger partial charge in [0.25, 0.3) is 5.91 Å². The van der Waals surface area contributed by atoms with Crippen LogP contribution in [0.2, 0.25) is 0 Å². The van der Waals surface area contributed by atoms with Crippen molar-refractivity contribution in [2.45, 2.75) is 13.8 Å². The third-order valence-electron chi connectivity index (χ3n) is 3.62. The Hall–Kier alpha value is -3.16. The molecule has 2 N–H and O–H groups in total. The number of carbonyl (C=O) groups excluding carboxylic acids is 2. The van der Waals surface area contributed by atoms with E-state index in [9.17, 15) is 9.59 Å². The van der Waals surface area contributed by atoms with Crippen LogP contribution in [0.4, 0.5) is 5.82 Å². The smallest absolute Gasteiger partial charge is 0.343 e. The molecule has 8 heteroatoms. The zero-order valence-electron chi connectivity index (χ0n) is 13.6. The lowest BCUT2D eigenvalue weighted by molar-refractivity contribution is 0.0526. The molecule has 0 aliphatic carbocycles. The first kappa shape index (κ1) is 15.7. The summed E-state index contributed by atoms with van der Waals surface area (Å²) >= 11 is 0. The van der Waals surface area contributed by atoms with Crippen molar-refractivity contribution in [2.24, 2.45) is 7.05 Å². The number of H-pyrrole nitrogens is 1. The van der Waals surface area contributed by atoms with Gasteiger partial charge in [0.1, 0.15) is 11.4 Å². The maximum absolute atomic E-state index is 12.5. The Morgan fingerprint density at radius 3 is 2.92 bits per heavy atom. The van der Waals surface area contributed by atoms with Crippen LogP contribution in [0.25, 0.3) is 11.0 Å². The minimum Gasteiger partial charge on any atom is -0.462 e. The number of aromatic nitrogens is 4. The van der Waals surface area contributed by atoms with E-state index in [1.165, 1.54) is 4.68 Å². The van der Waals surface area contributed by atoms with Gasteiger partial charge in [0.15, 0.2) is 0 Å². The summed E-state index contributed by atoms with van der Waals surface area (Å²) in [7, 11) is 1.66. The molecule has 0 fully saturated rings. The van der Waals surface area contributed by atoms with Crippen molar-refractivity contribution in [1.29, 1.82) is 0 Å². The molecule has 2 aromatic heterocycles. The average molecular weight is 327 g/mol. The van der Waals surface area contributed by atoms with Gasteiger partial charge in [-0.1, -0.05) is 0 Å². The molecule has 0 atom stereocenters. The third kappa shape index (κ3) is 2.73. The number of fused-ring (bicyclic) bond motifs is 1. The van der Waals surface area contributed by atoms with Crippen LogP contribution >= 0.6 is 0 Å². The predicted molar refractivity (Wildman–Crippen MR) is 87.9 cm³/mol. The number of nitrogens with one attached hydrogen (secondary N) is 2. The summed E-state index contributed by atoms with van der Waals surface area (Å²) in [6, 6.07) is 5.12. The molecule has 124 valence electrons. The second kappa shape index (κ2) is 6.15. The molecular weight excluding hydrogens is 310 g/mol. The number of aryl methyl sites for hydroxylation is 2. The number of benzene rings is 1. The van der Waals surface area contributed by atoms with Crippen molar-refractivity contribution in [3.05, 3.63) is 41.3 Å². The maximum Gasteiger partial charge on any atom is 0.343 e. The number of anilines is 1. The van der Waals surface area contributed by atoms with Gasteiger partial charge in [0, 0.05) is 12.6 Å². The van der Waals surface area contributed by atoms with Gasteiger partial charge in [-0.15, -0.1) is 0 Å². The minimum absolute atomic E-state index is 0.247. The van der Waals surface area contributed by atoms with E-state index in [1.54, 1.807) is 45.4 Å². The van der Waals surface area contributed by atoms with Gasteiger partial charge in [-0.2, -0.15) is 5.10 Å². The van der Waals surface area contributed by atoms with E-state index in [0.717, 1.165) is 11.0 Å². The van der Waals surface area contributed by atoms with E-state index in [4.69, 9.17) is 4.74 Å². The summed E-state index contributed by atoms with van der Waals surface area (Å²) in [4.78, 5) is 31.7. The zero-order valence-corrected chi connectivity index (χ0v) is 13.6. The van der Waals surface area contributed by atoms with Gasteiger partial charge in [0.2, 0.25) is 0 Å². The number of ether oxygens (including phenoxy) is 1. The third-order valence-corrected chi connectivity index (χ3v) is 3.62. The number of carbonyl (C=O) groups is 2. The average Bonchev–Trinajstić information content (AvgIpc) is 3.11. The minimum atomic E-state index is -0.512. The molecule has 0 bridgehead atoms. The van der Waals surface area contributed by atoms with Crippen molar-refractivity contribution in [1.82, 2.24) is 19.7 Å². The molecule has 0 saturated carbocycles. The molecule has 3 rings (SSSR count). The molecule has 1 amide bonds. The second-order valence-corrected chi connectivity index (χ2v) is 5.24. The molecule has 3 aromatic rings. The van der Waals surface area contributed by atoms with E-state index >= 15 is 0 Å². The fraction of sp³-hybridized carbons (Fsp3) is 0.250. The summed E-state index contributed by atoms with van der Waals surface area (Å²) in [5, 5.41) is 6.93. The van der Waals surface area contributed by atoms with Gasteiger partial charge in [-0.05, 0) is 32.0 Å². The van der Waals surface area contributed by atoms with Crippen LogP contribution in [0.1, 0.15) is 33.3 Å². The number of esters is 1. The Labute approximate surface area is 137 Å². The molecule has 1 aromatic carbocycles. The number of hydrogen-bond donors (Lipinski definition) is 2. The van der Waals surface area contributed by atoms with Crippen LogP contribution in [-0.2, 0) is 11.8 Å². The SMILES string of the molecule is CCOC(=O)c1c(C)nn(C)c1NC(=O)c1ccc2nc[nH]c2c1. The molecule has 8 nitrogen and oxygen atoms in total. The van der Waals surface area contributed by atoms with Crippen LogP contribution in [0, 0.1) is 6.92 Å². The predicted octanol–water partition coefficient (Wildman–Crippen LogP) is 2.03. The lowest BCUT2D eigenvalue weighted by Crippen LogP contribution is -2.17. The van der Waals surface area contributed by atoms with E-state index in [-0.39, 0.29) is 18.1 Å². The van der Waals surface area contributed by atoms with Crippen LogP contribution in [-0.4, -0.2) is 38.2 Å². The molecule has 0 aliphatic rings. The van der Waals surface area contributed by atoms with Gasteiger partial charge >= 0.3 is 5.97 Å². The highest BCUT2D eigenvalue weighted by Gasteiger charge is 2.23. The quantitative estimate of drug-likeness (QED) is 0.714. The van der Waals surface area contributed by atoms with Crippen LogP contribution in [0.15, 0.2) is 24.5 Å². The van der Waals surface area contributed by atoms with Crippen LogP contribution in [0.3, 0.4) is 0 Å². The summed E-state index contributed by atoms with van der Waals surface area (Å²) in [6.45, 7) is 3.66. The first-order chi connectivity index (χ1) is 11.5. The molecule has 0 spiro atoms. The number of amides is 1. The lowest BCUT2D eigenvalue weighted by atomic mass is 10.2. The van der Waals surface area contributed by atoms with Crippen molar-refractivity contribution < 1.29 is 14.3 Å². The normalized spacial score (nSPS) is 10.8. The van der Waals surface area contributed by atoms with E-state index < -0.39 is 5.97 Å². The van der Waals surface area contributed by atoms with Gasteiger partial charge in [0.05, 0.1) is 29.7 Å². The number of hydrogen-bond acceptors (Lipinski definition) is 5. The fourth-order valence-corrected chi connectivity index (χ4v) is 2.51. The van der Waals surface area contributed by atoms with Gasteiger partial charge in [-0.25, -0.2) is 9.78 Å². The second-order valence-electron chi connectivity index (χ2n) is 5.24. The Kier molecular flexibility index (Phi) is 4.03. The highest BCUT2D eigenvalue weighted by Crippen LogP contribution is 2.21. The first-order valence-corrected chi connectivity index (χ1v) is 7.46. The largest absolute Gasteiger partial charge is 0.462 e. The zero-order chi connectivity index (χ0) is 17.3.